The molecule has 0 heterocycles. The monoisotopic (exact) mass is 506 g/mol. The van der Waals surface area contributed by atoms with Gasteiger partial charge in [-0.15, -0.1) is 0 Å². The first kappa shape index (κ1) is 26.2. The first-order valence-electron chi connectivity index (χ1n) is 8.36. The van der Waals surface area contributed by atoms with Crippen molar-refractivity contribution in [3.63, 3.8) is 0 Å². The second-order valence-electron chi connectivity index (χ2n) is 6.06. The van der Waals surface area contributed by atoms with Crippen molar-refractivity contribution in [2.45, 2.75) is 22.2 Å². The van der Waals surface area contributed by atoms with Crippen LogP contribution in [0.4, 0.5) is 50.0 Å². The molecule has 0 aliphatic rings. The third-order valence-corrected chi connectivity index (χ3v) is 4.87. The Morgan fingerprint density at radius 2 is 1.52 bits per heavy atom. The molecular weight excluding hydrogens is 495 g/mol. The highest BCUT2D eigenvalue weighted by molar-refractivity contribution is 8.00. The van der Waals surface area contributed by atoms with Crippen LogP contribution in [0.3, 0.4) is 0 Å². The number of methoxy groups -OCH3 is 1. The SMILES string of the molecule is COc1cc(NC(=O)NC(=O)c2c(F)cccc2F)ccc1SC(F)(F)C(F)(F)C(F)(F)F. The quantitative estimate of drug-likeness (QED) is 0.383. The molecule has 180 valence electrons. The molecule has 2 aromatic rings. The number of alkyl halides is 7. The lowest BCUT2D eigenvalue weighted by Gasteiger charge is -2.27. The lowest BCUT2D eigenvalue weighted by molar-refractivity contribution is -0.330. The van der Waals surface area contributed by atoms with E-state index in [1.807, 2.05) is 5.32 Å². The number of anilines is 1. The molecule has 0 aromatic heterocycles. The number of carbonyl (C=O) groups is 2. The van der Waals surface area contributed by atoms with E-state index in [2.05, 4.69) is 4.74 Å². The largest absolute Gasteiger partial charge is 0.496 e. The van der Waals surface area contributed by atoms with Gasteiger partial charge in [-0.05, 0) is 36.0 Å². The Hall–Kier alpha value is -3.10. The number of rotatable bonds is 6. The molecule has 0 spiro atoms. The second-order valence-corrected chi connectivity index (χ2v) is 7.22. The summed E-state index contributed by atoms with van der Waals surface area (Å²) in [6.45, 7) is 0. The second kappa shape index (κ2) is 9.41. The van der Waals surface area contributed by atoms with Crippen molar-refractivity contribution in [2.75, 3.05) is 12.4 Å². The normalized spacial score (nSPS) is 12.3. The molecule has 0 radical (unpaired) electrons. The fourth-order valence-electron chi connectivity index (χ4n) is 2.24. The molecule has 2 rings (SSSR count). The molecule has 0 aliphatic carbocycles. The van der Waals surface area contributed by atoms with Gasteiger partial charge in [0.1, 0.15) is 22.9 Å². The maximum atomic E-state index is 13.6. The molecule has 0 unspecified atom stereocenters. The summed E-state index contributed by atoms with van der Waals surface area (Å²) >= 11 is -1.12. The van der Waals surface area contributed by atoms with Crippen molar-refractivity contribution >= 4 is 29.4 Å². The topological polar surface area (TPSA) is 67.4 Å². The van der Waals surface area contributed by atoms with Crippen LogP contribution in [0.25, 0.3) is 0 Å². The van der Waals surface area contributed by atoms with Gasteiger partial charge in [0.25, 0.3) is 5.91 Å². The smallest absolute Gasteiger partial charge is 0.460 e. The van der Waals surface area contributed by atoms with E-state index in [0.29, 0.717) is 6.07 Å². The molecule has 33 heavy (non-hydrogen) atoms. The van der Waals surface area contributed by atoms with E-state index < -0.39 is 68.9 Å². The molecule has 0 bridgehead atoms. The maximum absolute atomic E-state index is 13.6. The summed E-state index contributed by atoms with van der Waals surface area (Å²) in [5.74, 6) is -11.0. The van der Waals surface area contributed by atoms with Gasteiger partial charge >= 0.3 is 23.4 Å². The van der Waals surface area contributed by atoms with E-state index in [9.17, 15) is 49.1 Å². The first-order chi connectivity index (χ1) is 15.1. The molecular formula is C18H11F9N2O3S. The van der Waals surface area contributed by atoms with Crippen LogP contribution in [-0.2, 0) is 0 Å². The van der Waals surface area contributed by atoms with Crippen LogP contribution in [0.5, 0.6) is 5.75 Å². The van der Waals surface area contributed by atoms with Crippen molar-refractivity contribution in [1.82, 2.24) is 5.32 Å². The summed E-state index contributed by atoms with van der Waals surface area (Å²) in [6, 6.07) is 3.40. The van der Waals surface area contributed by atoms with Gasteiger partial charge in [-0.25, -0.2) is 13.6 Å². The molecule has 2 N–H and O–H groups in total. The van der Waals surface area contributed by atoms with E-state index in [4.69, 9.17) is 0 Å². The average Bonchev–Trinajstić information content (AvgIpc) is 2.67. The number of hydrogen-bond acceptors (Lipinski definition) is 4. The average molecular weight is 506 g/mol. The Morgan fingerprint density at radius 3 is 2.03 bits per heavy atom. The number of benzene rings is 2. The summed E-state index contributed by atoms with van der Waals surface area (Å²) < 4.78 is 122. The van der Waals surface area contributed by atoms with Gasteiger partial charge in [0.15, 0.2) is 0 Å². The fourth-order valence-corrected chi connectivity index (χ4v) is 3.14. The molecule has 0 atom stereocenters. The van der Waals surface area contributed by atoms with E-state index >= 15 is 0 Å². The maximum Gasteiger partial charge on any atom is 0.460 e. The van der Waals surface area contributed by atoms with Crippen LogP contribution in [0.1, 0.15) is 10.4 Å². The standard InChI is InChI=1S/C18H11F9N2O3S/c1-32-11-7-8(5-6-12(11)33-18(26,27)16(21,22)17(23,24)25)28-15(31)29-14(30)13-9(19)3-2-4-10(13)20/h2-7H,1H3,(H2,28,29,30,31). The summed E-state index contributed by atoms with van der Waals surface area (Å²) in [4.78, 5) is 22.9. The highest BCUT2D eigenvalue weighted by Crippen LogP contribution is 2.55. The molecule has 2 aromatic carbocycles. The third kappa shape index (κ3) is 5.64. The van der Waals surface area contributed by atoms with Crippen LogP contribution >= 0.6 is 11.8 Å². The predicted octanol–water partition coefficient (Wildman–Crippen LogP) is 5.82. The number of ether oxygens (including phenoxy) is 1. The van der Waals surface area contributed by atoms with Crippen molar-refractivity contribution in [2.24, 2.45) is 0 Å². The molecule has 0 aliphatic heterocycles. The lowest BCUT2D eigenvalue weighted by atomic mass is 10.2. The minimum absolute atomic E-state index is 0.290. The zero-order chi connectivity index (χ0) is 25.2. The van der Waals surface area contributed by atoms with Crippen LogP contribution in [-0.4, -0.2) is 36.4 Å². The highest BCUT2D eigenvalue weighted by atomic mass is 32.2. The van der Waals surface area contributed by atoms with Crippen LogP contribution in [0.15, 0.2) is 41.3 Å². The Kier molecular flexibility index (Phi) is 7.46. The van der Waals surface area contributed by atoms with Crippen LogP contribution in [0, 0.1) is 11.6 Å². The van der Waals surface area contributed by atoms with Crippen molar-refractivity contribution in [1.29, 1.82) is 0 Å². The number of urea groups is 1. The van der Waals surface area contributed by atoms with Gasteiger partial charge < -0.3 is 10.1 Å². The van der Waals surface area contributed by atoms with Gasteiger partial charge in [-0.3, -0.25) is 10.1 Å². The number of amides is 3. The van der Waals surface area contributed by atoms with Crippen molar-refractivity contribution < 1.29 is 53.8 Å². The van der Waals surface area contributed by atoms with E-state index in [1.54, 1.807) is 5.32 Å². The Labute approximate surface area is 183 Å². The Morgan fingerprint density at radius 1 is 0.939 bits per heavy atom. The molecule has 5 nitrogen and oxygen atoms in total. The number of imide groups is 1. The molecule has 0 fully saturated rings. The number of hydrogen-bond donors (Lipinski definition) is 2. The van der Waals surface area contributed by atoms with Gasteiger partial charge in [0.05, 0.1) is 12.0 Å². The van der Waals surface area contributed by atoms with Crippen LogP contribution < -0.4 is 15.4 Å². The summed E-state index contributed by atoms with van der Waals surface area (Å²) in [5.41, 5.74) is -1.36. The van der Waals surface area contributed by atoms with Gasteiger partial charge in [-0.2, -0.15) is 30.7 Å². The number of carbonyl (C=O) groups excluding carboxylic acids is 2. The van der Waals surface area contributed by atoms with E-state index in [0.717, 1.165) is 37.4 Å². The zero-order valence-electron chi connectivity index (χ0n) is 16.0. The Balaban J connectivity index is 2.18. The van der Waals surface area contributed by atoms with E-state index in [1.165, 1.54) is 0 Å². The summed E-state index contributed by atoms with van der Waals surface area (Å²) in [7, 11) is 0.883. The lowest BCUT2D eigenvalue weighted by Crippen LogP contribution is -2.49. The zero-order valence-corrected chi connectivity index (χ0v) is 16.8. The number of nitrogens with one attached hydrogen (secondary N) is 2. The molecule has 15 heteroatoms. The minimum Gasteiger partial charge on any atom is -0.496 e. The van der Waals surface area contributed by atoms with E-state index in [-0.39, 0.29) is 5.69 Å². The fraction of sp³-hybridized carbons (Fsp3) is 0.222. The Bertz CT molecular complexity index is 1040. The summed E-state index contributed by atoms with van der Waals surface area (Å²) in [6.07, 6.45) is -6.53. The molecule has 0 saturated heterocycles. The third-order valence-electron chi connectivity index (χ3n) is 3.80. The first-order valence-corrected chi connectivity index (χ1v) is 9.18. The molecule has 3 amide bonds. The van der Waals surface area contributed by atoms with Gasteiger partial charge in [0, 0.05) is 11.8 Å². The van der Waals surface area contributed by atoms with Crippen molar-refractivity contribution in [3.05, 3.63) is 53.6 Å². The van der Waals surface area contributed by atoms with Gasteiger partial charge in [0.2, 0.25) is 0 Å². The number of thioether (sulfide) groups is 1. The van der Waals surface area contributed by atoms with Crippen molar-refractivity contribution in [3.8, 4) is 5.75 Å². The van der Waals surface area contributed by atoms with Gasteiger partial charge in [-0.1, -0.05) is 6.07 Å². The number of halogens is 9. The summed E-state index contributed by atoms with van der Waals surface area (Å²) in [5, 5.41) is -2.04. The van der Waals surface area contributed by atoms with Crippen LogP contribution in [0.2, 0.25) is 0 Å². The predicted molar refractivity (Wildman–Crippen MR) is 97.6 cm³/mol. The molecule has 0 saturated carbocycles. The minimum atomic E-state index is -6.53. The highest BCUT2D eigenvalue weighted by Gasteiger charge is 2.73.